The van der Waals surface area contributed by atoms with Crippen molar-refractivity contribution in [2.75, 3.05) is 26.2 Å². The summed E-state index contributed by atoms with van der Waals surface area (Å²) in [4.78, 5) is 21.3. The summed E-state index contributed by atoms with van der Waals surface area (Å²) in [5.41, 5.74) is 0.456. The van der Waals surface area contributed by atoms with Crippen molar-refractivity contribution < 1.29 is 4.79 Å². The highest BCUT2D eigenvalue weighted by Crippen LogP contribution is 2.37. The number of pyridine rings is 1. The van der Waals surface area contributed by atoms with Gasteiger partial charge in [0.25, 0.3) is 0 Å². The second kappa shape index (κ2) is 7.10. The van der Waals surface area contributed by atoms with Crippen LogP contribution in [0.5, 0.6) is 0 Å². The smallest absolute Gasteiger partial charge is 0.243 e. The van der Waals surface area contributed by atoms with Crippen LogP contribution in [0.1, 0.15) is 37.7 Å². The molecule has 3 rings (SSSR count). The Balaban J connectivity index is 1.56. The number of nitriles is 1. The molecule has 0 atom stereocenters. The minimum atomic E-state index is -0.746. The topological polar surface area (TPSA) is 60.2 Å². The van der Waals surface area contributed by atoms with Gasteiger partial charge in [0.05, 0.1) is 6.07 Å². The summed E-state index contributed by atoms with van der Waals surface area (Å²) in [6.45, 7) is 4.05. The molecule has 0 radical (unpaired) electrons. The van der Waals surface area contributed by atoms with Crippen LogP contribution in [0.3, 0.4) is 0 Å². The number of nitrogens with zero attached hydrogens (tertiary/aromatic N) is 4. The van der Waals surface area contributed by atoms with Crippen molar-refractivity contribution in [3.8, 4) is 6.07 Å². The van der Waals surface area contributed by atoms with E-state index in [-0.39, 0.29) is 5.91 Å². The van der Waals surface area contributed by atoms with Crippen molar-refractivity contribution in [3.63, 3.8) is 0 Å². The Hall–Kier alpha value is -1.93. The lowest BCUT2D eigenvalue weighted by Gasteiger charge is -2.39. The maximum absolute atomic E-state index is 12.8. The molecule has 5 nitrogen and oxygen atoms in total. The first-order valence-corrected chi connectivity index (χ1v) is 8.55. The highest BCUT2D eigenvalue weighted by Gasteiger charge is 2.42. The van der Waals surface area contributed by atoms with E-state index in [0.717, 1.165) is 64.8 Å². The van der Waals surface area contributed by atoms with Crippen molar-refractivity contribution in [2.24, 2.45) is 5.41 Å². The first-order valence-electron chi connectivity index (χ1n) is 8.55. The zero-order valence-electron chi connectivity index (χ0n) is 13.6. The van der Waals surface area contributed by atoms with Crippen LogP contribution in [0.4, 0.5) is 0 Å². The van der Waals surface area contributed by atoms with Gasteiger partial charge in [-0.25, -0.2) is 0 Å². The third-order valence-corrected chi connectivity index (χ3v) is 5.12. The molecular weight excluding hydrogens is 288 g/mol. The summed E-state index contributed by atoms with van der Waals surface area (Å²) in [6, 6.07) is 6.39. The van der Waals surface area contributed by atoms with E-state index in [0.29, 0.717) is 0 Å². The van der Waals surface area contributed by atoms with Crippen LogP contribution < -0.4 is 0 Å². The van der Waals surface area contributed by atoms with Crippen LogP contribution in [0.25, 0.3) is 0 Å². The fourth-order valence-electron chi connectivity index (χ4n) is 3.69. The van der Waals surface area contributed by atoms with E-state index in [9.17, 15) is 10.1 Å². The van der Waals surface area contributed by atoms with E-state index in [4.69, 9.17) is 0 Å². The van der Waals surface area contributed by atoms with Crippen molar-refractivity contribution in [3.05, 3.63) is 30.1 Å². The van der Waals surface area contributed by atoms with Gasteiger partial charge in [0.2, 0.25) is 5.91 Å². The number of rotatable bonds is 3. The molecule has 23 heavy (non-hydrogen) atoms. The SMILES string of the molecule is N#CC1(C(=O)N2CCN(Cc3cccnc3)CC2)CCCCC1. The number of hydrogen-bond donors (Lipinski definition) is 0. The van der Waals surface area contributed by atoms with Crippen LogP contribution in [0, 0.1) is 16.7 Å². The van der Waals surface area contributed by atoms with Crippen LogP contribution in [-0.4, -0.2) is 46.9 Å². The Morgan fingerprint density at radius 3 is 2.57 bits per heavy atom. The fraction of sp³-hybridized carbons (Fsp3) is 0.611. The van der Waals surface area contributed by atoms with Gasteiger partial charge >= 0.3 is 0 Å². The quantitative estimate of drug-likeness (QED) is 0.858. The molecule has 1 aliphatic heterocycles. The average Bonchev–Trinajstić information content (AvgIpc) is 2.63. The molecular formula is C18H24N4O. The summed E-state index contributed by atoms with van der Waals surface area (Å²) in [7, 11) is 0. The number of piperazine rings is 1. The molecule has 2 aliphatic rings. The standard InChI is InChI=1S/C18H24N4O/c19-15-18(6-2-1-3-7-18)17(23)22-11-9-21(10-12-22)14-16-5-4-8-20-13-16/h4-5,8,13H,1-3,6-7,9-12,14H2. The monoisotopic (exact) mass is 312 g/mol. The first kappa shape index (κ1) is 15.9. The molecule has 0 spiro atoms. The van der Waals surface area contributed by atoms with Crippen molar-refractivity contribution in [2.45, 2.75) is 38.6 Å². The third kappa shape index (κ3) is 3.53. The van der Waals surface area contributed by atoms with Gasteiger partial charge in [-0.15, -0.1) is 0 Å². The molecule has 0 aromatic carbocycles. The lowest BCUT2D eigenvalue weighted by Crippen LogP contribution is -2.53. The summed E-state index contributed by atoms with van der Waals surface area (Å²) in [5.74, 6) is 0.0701. The van der Waals surface area contributed by atoms with Crippen LogP contribution in [-0.2, 0) is 11.3 Å². The highest BCUT2D eigenvalue weighted by atomic mass is 16.2. The van der Waals surface area contributed by atoms with E-state index >= 15 is 0 Å². The molecule has 2 heterocycles. The van der Waals surface area contributed by atoms with E-state index in [2.05, 4.69) is 22.0 Å². The van der Waals surface area contributed by atoms with Gasteiger partial charge < -0.3 is 4.90 Å². The van der Waals surface area contributed by atoms with E-state index in [1.807, 2.05) is 17.2 Å². The Morgan fingerprint density at radius 2 is 1.96 bits per heavy atom. The fourth-order valence-corrected chi connectivity index (χ4v) is 3.69. The zero-order chi connectivity index (χ0) is 16.1. The number of hydrogen-bond acceptors (Lipinski definition) is 4. The Labute approximate surface area is 137 Å². The first-order chi connectivity index (χ1) is 11.2. The summed E-state index contributed by atoms with van der Waals surface area (Å²) < 4.78 is 0. The van der Waals surface area contributed by atoms with Crippen LogP contribution in [0.2, 0.25) is 0 Å². The van der Waals surface area contributed by atoms with E-state index in [1.165, 1.54) is 5.56 Å². The normalized spacial score (nSPS) is 21.6. The Kier molecular flexibility index (Phi) is 4.92. The zero-order valence-corrected chi connectivity index (χ0v) is 13.6. The van der Waals surface area contributed by atoms with Crippen molar-refractivity contribution >= 4 is 5.91 Å². The minimum Gasteiger partial charge on any atom is -0.339 e. The Bertz CT molecular complexity index is 566. The van der Waals surface area contributed by atoms with Gasteiger partial charge in [0.1, 0.15) is 5.41 Å². The molecule has 2 fully saturated rings. The van der Waals surface area contributed by atoms with Crippen molar-refractivity contribution in [1.29, 1.82) is 5.26 Å². The lowest BCUT2D eigenvalue weighted by atomic mass is 9.74. The number of amides is 1. The van der Waals surface area contributed by atoms with Gasteiger partial charge in [-0.2, -0.15) is 5.26 Å². The van der Waals surface area contributed by atoms with Crippen LogP contribution in [0.15, 0.2) is 24.5 Å². The number of carbonyl (C=O) groups excluding carboxylic acids is 1. The minimum absolute atomic E-state index is 0.0701. The maximum Gasteiger partial charge on any atom is 0.243 e. The molecule has 5 heteroatoms. The van der Waals surface area contributed by atoms with Crippen molar-refractivity contribution in [1.82, 2.24) is 14.8 Å². The van der Waals surface area contributed by atoms with Crippen LogP contribution >= 0.6 is 0 Å². The second-order valence-electron chi connectivity index (χ2n) is 6.68. The summed E-state index contributed by atoms with van der Waals surface area (Å²) >= 11 is 0. The summed E-state index contributed by atoms with van der Waals surface area (Å²) in [6.07, 6.45) is 8.29. The molecule has 1 aromatic rings. The molecule has 1 aliphatic carbocycles. The predicted molar refractivity (Wildman–Crippen MR) is 87.2 cm³/mol. The average molecular weight is 312 g/mol. The molecule has 0 N–H and O–H groups in total. The second-order valence-corrected chi connectivity index (χ2v) is 6.68. The number of aromatic nitrogens is 1. The third-order valence-electron chi connectivity index (χ3n) is 5.12. The molecule has 1 amide bonds. The van der Waals surface area contributed by atoms with Gasteiger partial charge in [-0.3, -0.25) is 14.7 Å². The van der Waals surface area contributed by atoms with Gasteiger partial charge in [-0.1, -0.05) is 25.3 Å². The Morgan fingerprint density at radius 1 is 1.22 bits per heavy atom. The molecule has 0 unspecified atom stereocenters. The summed E-state index contributed by atoms with van der Waals surface area (Å²) in [5, 5.41) is 9.57. The highest BCUT2D eigenvalue weighted by molar-refractivity contribution is 5.85. The van der Waals surface area contributed by atoms with Gasteiger partial charge in [-0.05, 0) is 24.5 Å². The predicted octanol–water partition coefficient (Wildman–Crippen LogP) is 2.20. The molecule has 122 valence electrons. The lowest BCUT2D eigenvalue weighted by molar-refractivity contribution is -0.142. The van der Waals surface area contributed by atoms with E-state index < -0.39 is 5.41 Å². The molecule has 1 saturated heterocycles. The number of carbonyl (C=O) groups is 1. The largest absolute Gasteiger partial charge is 0.339 e. The molecule has 1 saturated carbocycles. The molecule has 0 bridgehead atoms. The maximum atomic E-state index is 12.8. The van der Waals surface area contributed by atoms with Gasteiger partial charge in [0.15, 0.2) is 0 Å². The van der Waals surface area contributed by atoms with Gasteiger partial charge in [0, 0.05) is 45.1 Å². The van der Waals surface area contributed by atoms with E-state index in [1.54, 1.807) is 6.20 Å². The molecule has 1 aromatic heterocycles.